The Morgan fingerprint density at radius 2 is 1.55 bits per heavy atom. The van der Waals surface area contributed by atoms with Crippen molar-refractivity contribution in [1.82, 2.24) is 15.1 Å². The number of piperidine rings is 1. The van der Waals surface area contributed by atoms with Gasteiger partial charge in [0.2, 0.25) is 5.91 Å². The van der Waals surface area contributed by atoms with Crippen LogP contribution in [0.3, 0.4) is 0 Å². The van der Waals surface area contributed by atoms with E-state index in [0.717, 1.165) is 12.8 Å². The maximum Gasteiger partial charge on any atom is 0.256 e. The number of amides is 3. The first-order chi connectivity index (χ1) is 16.0. The summed E-state index contributed by atoms with van der Waals surface area (Å²) < 4.78 is 6.21. The molecule has 1 unspecified atom stereocenters. The van der Waals surface area contributed by atoms with Crippen LogP contribution >= 0.6 is 11.6 Å². The van der Waals surface area contributed by atoms with Crippen molar-refractivity contribution < 1.29 is 19.1 Å². The smallest absolute Gasteiger partial charge is 0.256 e. The number of nitrogens with one attached hydrogen (secondary N) is 1. The summed E-state index contributed by atoms with van der Waals surface area (Å²) in [6.45, 7) is 1.01. The molecule has 0 radical (unpaired) electrons. The highest BCUT2D eigenvalue weighted by Crippen LogP contribution is 2.39. The molecule has 1 aliphatic carbocycles. The Morgan fingerprint density at radius 3 is 2.18 bits per heavy atom. The summed E-state index contributed by atoms with van der Waals surface area (Å²) in [7, 11) is 0. The van der Waals surface area contributed by atoms with E-state index in [1.54, 1.807) is 46.2 Å². The molecule has 3 amide bonds. The predicted molar refractivity (Wildman–Crippen MR) is 123 cm³/mol. The van der Waals surface area contributed by atoms with Gasteiger partial charge in [-0.05, 0) is 49.2 Å². The third-order valence-corrected chi connectivity index (χ3v) is 6.90. The van der Waals surface area contributed by atoms with E-state index in [4.69, 9.17) is 16.3 Å². The minimum atomic E-state index is -0.907. The fourth-order valence-corrected chi connectivity index (χ4v) is 4.77. The van der Waals surface area contributed by atoms with Gasteiger partial charge < -0.3 is 15.0 Å². The number of hydrogen-bond donors (Lipinski definition) is 1. The van der Waals surface area contributed by atoms with Crippen molar-refractivity contribution in [2.75, 3.05) is 19.7 Å². The third kappa shape index (κ3) is 4.35. The Hall–Kier alpha value is -2.90. The summed E-state index contributed by atoms with van der Waals surface area (Å²) >= 11 is 5.94. The number of carbonyl (C=O) groups excluding carboxylic acids is 3. The monoisotopic (exact) mass is 467 g/mol. The second kappa shape index (κ2) is 8.80. The Bertz CT molecular complexity index is 1050. The number of ether oxygens (including phenoxy) is 1. The first-order valence-corrected chi connectivity index (χ1v) is 11.7. The molecule has 33 heavy (non-hydrogen) atoms. The minimum Gasteiger partial charge on any atom is -0.353 e. The third-order valence-electron chi connectivity index (χ3n) is 6.65. The number of likely N-dealkylation sites (tertiary alicyclic amines) is 1. The summed E-state index contributed by atoms with van der Waals surface area (Å²) in [5.74, 6) is -0.469. The fourth-order valence-electron chi connectivity index (χ4n) is 4.65. The Balaban J connectivity index is 1.36. The van der Waals surface area contributed by atoms with Gasteiger partial charge in [-0.15, -0.1) is 0 Å². The fraction of sp³-hybridized carbons (Fsp3) is 0.400. The van der Waals surface area contributed by atoms with E-state index in [2.05, 4.69) is 5.32 Å². The Kier molecular flexibility index (Phi) is 5.85. The molecule has 2 aromatic carbocycles. The van der Waals surface area contributed by atoms with Gasteiger partial charge in [-0.3, -0.25) is 19.3 Å². The van der Waals surface area contributed by atoms with E-state index in [1.165, 1.54) is 0 Å². The van der Waals surface area contributed by atoms with E-state index in [0.29, 0.717) is 42.1 Å². The first kappa shape index (κ1) is 21.9. The molecule has 0 aromatic heterocycles. The summed E-state index contributed by atoms with van der Waals surface area (Å²) in [6, 6.07) is 15.3. The number of hydrogen-bond acceptors (Lipinski definition) is 4. The number of halogens is 1. The molecule has 1 spiro atoms. The summed E-state index contributed by atoms with van der Waals surface area (Å²) in [4.78, 5) is 42.9. The van der Waals surface area contributed by atoms with Gasteiger partial charge >= 0.3 is 0 Å². The van der Waals surface area contributed by atoms with Gasteiger partial charge in [-0.1, -0.05) is 29.8 Å². The van der Waals surface area contributed by atoms with E-state index in [9.17, 15) is 14.4 Å². The molecular weight excluding hydrogens is 442 g/mol. The molecule has 2 saturated heterocycles. The van der Waals surface area contributed by atoms with Gasteiger partial charge in [0, 0.05) is 48.1 Å². The molecule has 172 valence electrons. The van der Waals surface area contributed by atoms with Crippen LogP contribution < -0.4 is 5.32 Å². The molecule has 0 bridgehead atoms. The van der Waals surface area contributed by atoms with Crippen LogP contribution in [-0.4, -0.2) is 65.0 Å². The molecule has 3 aliphatic rings. The lowest BCUT2D eigenvalue weighted by Gasteiger charge is -2.44. The van der Waals surface area contributed by atoms with Gasteiger partial charge in [0.05, 0.1) is 6.61 Å². The van der Waals surface area contributed by atoms with Crippen LogP contribution in [0.25, 0.3) is 0 Å². The molecule has 1 N–H and O–H groups in total. The van der Waals surface area contributed by atoms with Crippen molar-refractivity contribution >= 4 is 29.3 Å². The zero-order valence-electron chi connectivity index (χ0n) is 18.2. The van der Waals surface area contributed by atoms with E-state index >= 15 is 0 Å². The van der Waals surface area contributed by atoms with Crippen LogP contribution in [0.4, 0.5) is 0 Å². The quantitative estimate of drug-likeness (QED) is 0.749. The molecule has 5 rings (SSSR count). The van der Waals surface area contributed by atoms with Crippen molar-refractivity contribution in [3.63, 3.8) is 0 Å². The maximum absolute atomic E-state index is 13.6. The van der Waals surface area contributed by atoms with Gasteiger partial charge in [-0.2, -0.15) is 0 Å². The average molecular weight is 468 g/mol. The molecule has 1 atom stereocenters. The largest absolute Gasteiger partial charge is 0.353 e. The van der Waals surface area contributed by atoms with Crippen LogP contribution in [0, 0.1) is 0 Å². The van der Waals surface area contributed by atoms with Gasteiger partial charge in [0.1, 0.15) is 11.8 Å². The molecule has 1 saturated carbocycles. The number of nitrogens with zero attached hydrogens (tertiary/aromatic N) is 2. The normalized spacial score (nSPS) is 21.8. The molecule has 2 aromatic rings. The minimum absolute atomic E-state index is 0.0801. The van der Waals surface area contributed by atoms with E-state index in [1.807, 2.05) is 18.2 Å². The average Bonchev–Trinajstić information content (AvgIpc) is 3.59. The maximum atomic E-state index is 13.6. The lowest BCUT2D eigenvalue weighted by atomic mass is 9.96. The predicted octanol–water partition coefficient (Wildman–Crippen LogP) is 3.09. The standard InChI is InChI=1S/C25H26ClN3O4/c26-19-8-6-18(7-9-19)23(31)28-14-12-25(13-15-28)29(24(32)17-4-2-1-3-5-17)21(16-33-25)22(30)27-20-10-11-20/h1-9,20-21H,10-16H2,(H,27,30). The SMILES string of the molecule is O=C(NC1CC1)C1COC2(CCN(C(=O)c3ccc(Cl)cc3)CC2)N1C(=O)c1ccccc1. The molecular formula is C25H26ClN3O4. The summed E-state index contributed by atoms with van der Waals surface area (Å²) in [5, 5.41) is 3.60. The number of benzene rings is 2. The Labute approximate surface area is 197 Å². The highest BCUT2D eigenvalue weighted by molar-refractivity contribution is 6.30. The van der Waals surface area contributed by atoms with Crippen LogP contribution in [0.15, 0.2) is 54.6 Å². The highest BCUT2D eigenvalue weighted by Gasteiger charge is 2.54. The second-order valence-electron chi connectivity index (χ2n) is 8.90. The summed E-state index contributed by atoms with van der Waals surface area (Å²) in [5.41, 5.74) is 0.183. The van der Waals surface area contributed by atoms with E-state index < -0.39 is 11.8 Å². The Morgan fingerprint density at radius 1 is 0.909 bits per heavy atom. The van der Waals surface area contributed by atoms with Gasteiger partial charge in [0.15, 0.2) is 0 Å². The zero-order chi connectivity index (χ0) is 23.0. The van der Waals surface area contributed by atoms with Crippen molar-refractivity contribution in [2.45, 2.75) is 43.5 Å². The molecule has 2 aliphatic heterocycles. The first-order valence-electron chi connectivity index (χ1n) is 11.3. The summed E-state index contributed by atoms with van der Waals surface area (Å²) in [6.07, 6.45) is 2.83. The van der Waals surface area contributed by atoms with Crippen LogP contribution in [0.1, 0.15) is 46.4 Å². The van der Waals surface area contributed by atoms with Crippen molar-refractivity contribution in [3.05, 3.63) is 70.7 Å². The molecule has 7 nitrogen and oxygen atoms in total. The zero-order valence-corrected chi connectivity index (χ0v) is 19.0. The van der Waals surface area contributed by atoms with E-state index in [-0.39, 0.29) is 30.4 Å². The molecule has 2 heterocycles. The van der Waals surface area contributed by atoms with Crippen molar-refractivity contribution in [3.8, 4) is 0 Å². The van der Waals surface area contributed by atoms with Crippen molar-refractivity contribution in [2.24, 2.45) is 0 Å². The van der Waals surface area contributed by atoms with Crippen molar-refractivity contribution in [1.29, 1.82) is 0 Å². The highest BCUT2D eigenvalue weighted by atomic mass is 35.5. The van der Waals surface area contributed by atoms with Crippen LogP contribution in [0.5, 0.6) is 0 Å². The van der Waals surface area contributed by atoms with Crippen LogP contribution in [0.2, 0.25) is 5.02 Å². The van der Waals surface area contributed by atoms with Gasteiger partial charge in [-0.25, -0.2) is 0 Å². The molecule has 8 heteroatoms. The number of rotatable bonds is 4. The lowest BCUT2D eigenvalue weighted by Crippen LogP contribution is -2.60. The molecule has 3 fully saturated rings. The second-order valence-corrected chi connectivity index (χ2v) is 9.33. The van der Waals surface area contributed by atoms with Crippen LogP contribution in [-0.2, 0) is 9.53 Å². The number of carbonyl (C=O) groups is 3. The topological polar surface area (TPSA) is 79.0 Å². The van der Waals surface area contributed by atoms with Gasteiger partial charge in [0.25, 0.3) is 11.8 Å². The lowest BCUT2D eigenvalue weighted by molar-refractivity contribution is -0.128.